The maximum Gasteiger partial charge on any atom is 0.0396 e. The summed E-state index contributed by atoms with van der Waals surface area (Å²) in [6.07, 6.45) is 1.27. The van der Waals surface area contributed by atoms with Crippen molar-refractivity contribution in [2.24, 2.45) is 0 Å². The largest absolute Gasteiger partial charge is 0.370 e. The Morgan fingerprint density at radius 1 is 1.35 bits per heavy atom. The second-order valence-corrected chi connectivity index (χ2v) is 6.51. The van der Waals surface area contributed by atoms with E-state index in [0.29, 0.717) is 12.1 Å². The van der Waals surface area contributed by atoms with Crippen LogP contribution in [0.5, 0.6) is 0 Å². The van der Waals surface area contributed by atoms with Gasteiger partial charge in [-0.1, -0.05) is 26.0 Å². The average molecular weight is 275 g/mol. The smallest absolute Gasteiger partial charge is 0.0396 e. The molecule has 1 unspecified atom stereocenters. The molecule has 1 aliphatic rings. The fraction of sp³-hybridized carbons (Fsp3) is 0.647. The molecule has 20 heavy (non-hydrogen) atoms. The Bertz CT molecular complexity index is 440. The highest BCUT2D eigenvalue weighted by molar-refractivity contribution is 5.55. The Balaban J connectivity index is 2.03. The minimum Gasteiger partial charge on any atom is -0.370 e. The van der Waals surface area contributed by atoms with Crippen LogP contribution in [0.1, 0.15) is 31.4 Å². The zero-order valence-electron chi connectivity index (χ0n) is 13.6. The van der Waals surface area contributed by atoms with E-state index in [1.165, 1.54) is 29.8 Å². The molecule has 1 atom stereocenters. The third-order valence-electron chi connectivity index (χ3n) is 4.21. The zero-order valence-corrected chi connectivity index (χ0v) is 13.6. The van der Waals surface area contributed by atoms with Crippen LogP contribution in [-0.2, 0) is 6.54 Å². The van der Waals surface area contributed by atoms with Gasteiger partial charge in [0.2, 0.25) is 0 Å². The van der Waals surface area contributed by atoms with Gasteiger partial charge in [0.05, 0.1) is 0 Å². The lowest BCUT2D eigenvalue weighted by Crippen LogP contribution is -2.31. The van der Waals surface area contributed by atoms with Gasteiger partial charge in [-0.15, -0.1) is 0 Å². The molecule has 1 N–H and O–H groups in total. The van der Waals surface area contributed by atoms with Gasteiger partial charge in [-0.2, -0.15) is 0 Å². The van der Waals surface area contributed by atoms with Gasteiger partial charge in [-0.3, -0.25) is 0 Å². The normalized spacial score (nSPS) is 19.4. The summed E-state index contributed by atoms with van der Waals surface area (Å²) in [6, 6.07) is 8.12. The zero-order chi connectivity index (χ0) is 14.7. The van der Waals surface area contributed by atoms with Crippen LogP contribution in [-0.4, -0.2) is 44.2 Å². The molecule has 1 aromatic carbocycles. The number of aryl methyl sites for hydroxylation is 1. The lowest BCUT2D eigenvalue weighted by atomic mass is 10.1. The first-order valence-corrected chi connectivity index (χ1v) is 7.71. The molecule has 0 aliphatic carbocycles. The average Bonchev–Trinajstić information content (AvgIpc) is 2.86. The molecule has 2 rings (SSSR count). The first kappa shape index (κ1) is 15.3. The van der Waals surface area contributed by atoms with Gasteiger partial charge in [-0.25, -0.2) is 0 Å². The number of benzene rings is 1. The topological polar surface area (TPSA) is 18.5 Å². The second kappa shape index (κ2) is 6.59. The molecule has 0 spiro atoms. The van der Waals surface area contributed by atoms with E-state index in [4.69, 9.17) is 0 Å². The summed E-state index contributed by atoms with van der Waals surface area (Å²) >= 11 is 0. The predicted octanol–water partition coefficient (Wildman–Crippen LogP) is 2.63. The third-order valence-corrected chi connectivity index (χ3v) is 4.21. The van der Waals surface area contributed by atoms with Crippen LogP contribution in [0, 0.1) is 6.92 Å². The van der Waals surface area contributed by atoms with Crippen LogP contribution < -0.4 is 10.2 Å². The van der Waals surface area contributed by atoms with Crippen molar-refractivity contribution in [2.45, 2.75) is 45.8 Å². The van der Waals surface area contributed by atoms with Crippen LogP contribution in [0.2, 0.25) is 0 Å². The Kier molecular flexibility index (Phi) is 5.06. The van der Waals surface area contributed by atoms with E-state index >= 15 is 0 Å². The maximum atomic E-state index is 3.48. The number of nitrogens with one attached hydrogen (secondary N) is 1. The fourth-order valence-electron chi connectivity index (χ4n) is 2.89. The van der Waals surface area contributed by atoms with Crippen LogP contribution in [0.4, 0.5) is 5.69 Å². The van der Waals surface area contributed by atoms with E-state index in [9.17, 15) is 0 Å². The monoisotopic (exact) mass is 275 g/mol. The molecule has 1 aromatic rings. The van der Waals surface area contributed by atoms with Crippen molar-refractivity contribution in [3.63, 3.8) is 0 Å². The molecule has 1 aliphatic heterocycles. The minimum atomic E-state index is 0.536. The second-order valence-electron chi connectivity index (χ2n) is 6.51. The van der Waals surface area contributed by atoms with Gasteiger partial charge in [0, 0.05) is 37.4 Å². The fourth-order valence-corrected chi connectivity index (χ4v) is 2.89. The number of anilines is 1. The van der Waals surface area contributed by atoms with Crippen molar-refractivity contribution < 1.29 is 0 Å². The van der Waals surface area contributed by atoms with Gasteiger partial charge >= 0.3 is 0 Å². The molecule has 3 heteroatoms. The first-order valence-electron chi connectivity index (χ1n) is 7.71. The minimum absolute atomic E-state index is 0.536. The van der Waals surface area contributed by atoms with E-state index < -0.39 is 0 Å². The maximum absolute atomic E-state index is 3.48. The van der Waals surface area contributed by atoms with E-state index in [2.05, 4.69) is 68.2 Å². The summed E-state index contributed by atoms with van der Waals surface area (Å²) in [5.41, 5.74) is 4.18. The summed E-state index contributed by atoms with van der Waals surface area (Å²) in [4.78, 5) is 4.87. The van der Waals surface area contributed by atoms with Crippen molar-refractivity contribution in [3.8, 4) is 0 Å². The number of likely N-dealkylation sites (N-methyl/N-ethyl adjacent to an activating group) is 1. The molecule has 112 valence electrons. The highest BCUT2D eigenvalue weighted by Gasteiger charge is 2.24. The van der Waals surface area contributed by atoms with Crippen molar-refractivity contribution in [1.29, 1.82) is 0 Å². The molecule has 0 amide bonds. The third kappa shape index (κ3) is 3.74. The van der Waals surface area contributed by atoms with Crippen LogP contribution in [0.15, 0.2) is 18.2 Å². The molecule has 0 saturated carbocycles. The highest BCUT2D eigenvalue weighted by Crippen LogP contribution is 2.26. The molecule has 3 nitrogen and oxygen atoms in total. The summed E-state index contributed by atoms with van der Waals surface area (Å²) in [6.45, 7) is 9.89. The van der Waals surface area contributed by atoms with Crippen molar-refractivity contribution >= 4 is 5.69 Å². The van der Waals surface area contributed by atoms with E-state index in [1.807, 2.05) is 0 Å². The molecule has 0 radical (unpaired) electrons. The lowest BCUT2D eigenvalue weighted by molar-refractivity contribution is 0.315. The summed E-state index contributed by atoms with van der Waals surface area (Å²) in [5.74, 6) is 0. The molecule has 1 saturated heterocycles. The number of hydrogen-bond acceptors (Lipinski definition) is 3. The Hall–Kier alpha value is -1.06. The first-order chi connectivity index (χ1) is 9.47. The Morgan fingerprint density at radius 3 is 2.65 bits per heavy atom. The van der Waals surface area contributed by atoms with Gasteiger partial charge in [0.25, 0.3) is 0 Å². The quantitative estimate of drug-likeness (QED) is 0.891. The summed E-state index contributed by atoms with van der Waals surface area (Å²) in [5, 5.41) is 3.48. The van der Waals surface area contributed by atoms with Crippen LogP contribution >= 0.6 is 0 Å². The van der Waals surface area contributed by atoms with Gasteiger partial charge in [-0.05, 0) is 44.6 Å². The van der Waals surface area contributed by atoms with E-state index in [-0.39, 0.29) is 0 Å². The van der Waals surface area contributed by atoms with E-state index in [1.54, 1.807) is 0 Å². The molecule has 1 fully saturated rings. The van der Waals surface area contributed by atoms with E-state index in [0.717, 1.165) is 13.1 Å². The molecule has 1 heterocycles. The lowest BCUT2D eigenvalue weighted by Gasteiger charge is -2.23. The predicted molar refractivity (Wildman–Crippen MR) is 87.5 cm³/mol. The van der Waals surface area contributed by atoms with Gasteiger partial charge in [0.1, 0.15) is 0 Å². The number of rotatable bonds is 5. The summed E-state index contributed by atoms with van der Waals surface area (Å²) < 4.78 is 0. The van der Waals surface area contributed by atoms with Crippen LogP contribution in [0.25, 0.3) is 0 Å². The number of hydrogen-bond donors (Lipinski definition) is 1. The molecular weight excluding hydrogens is 246 g/mol. The molecule has 0 bridgehead atoms. The van der Waals surface area contributed by atoms with Crippen molar-refractivity contribution in [3.05, 3.63) is 29.3 Å². The number of nitrogens with zero attached hydrogens (tertiary/aromatic N) is 2. The highest BCUT2D eigenvalue weighted by atomic mass is 15.2. The van der Waals surface area contributed by atoms with Crippen molar-refractivity contribution in [1.82, 2.24) is 10.2 Å². The van der Waals surface area contributed by atoms with Gasteiger partial charge in [0.15, 0.2) is 0 Å². The standard InChI is InChI=1S/C17H29N3/c1-13(2)18-11-15-6-7-17(14(3)10-15)20-9-8-16(12-20)19(4)5/h6-7,10,13,16,18H,8-9,11-12H2,1-5H3. The Morgan fingerprint density at radius 2 is 2.10 bits per heavy atom. The molecular formula is C17H29N3. The van der Waals surface area contributed by atoms with Crippen LogP contribution in [0.3, 0.4) is 0 Å². The van der Waals surface area contributed by atoms with Crippen molar-refractivity contribution in [2.75, 3.05) is 32.1 Å². The Labute approximate surface area is 124 Å². The summed E-state index contributed by atoms with van der Waals surface area (Å²) in [7, 11) is 4.36. The SMILES string of the molecule is Cc1cc(CNC(C)C)ccc1N1CCC(N(C)C)C1. The van der Waals surface area contributed by atoms with Gasteiger partial charge < -0.3 is 15.1 Å². The molecule has 0 aromatic heterocycles.